The Labute approximate surface area is 159 Å². The molecule has 1 saturated heterocycles. The van der Waals surface area contributed by atoms with E-state index in [4.69, 9.17) is 16.3 Å². The van der Waals surface area contributed by atoms with Gasteiger partial charge in [0.1, 0.15) is 0 Å². The lowest BCUT2D eigenvalue weighted by atomic mass is 10.1. The lowest BCUT2D eigenvalue weighted by Gasteiger charge is -2.37. The first-order chi connectivity index (χ1) is 12.5. The molecule has 1 aliphatic heterocycles. The Morgan fingerprint density at radius 1 is 1.12 bits per heavy atom. The average Bonchev–Trinajstić information content (AvgIpc) is 2.60. The molecule has 6 heteroatoms. The number of morpholine rings is 1. The Morgan fingerprint density at radius 2 is 1.77 bits per heavy atom. The van der Waals surface area contributed by atoms with Crippen LogP contribution in [0.4, 0.5) is 16.2 Å². The van der Waals surface area contributed by atoms with Crippen LogP contribution in [0.2, 0.25) is 5.02 Å². The van der Waals surface area contributed by atoms with Crippen molar-refractivity contribution in [2.75, 3.05) is 23.3 Å². The van der Waals surface area contributed by atoms with Gasteiger partial charge in [0, 0.05) is 24.7 Å². The minimum Gasteiger partial charge on any atom is -0.372 e. The molecule has 0 saturated carbocycles. The maximum Gasteiger partial charge on any atom is 0.319 e. The number of urea groups is 1. The number of hydrogen-bond acceptors (Lipinski definition) is 3. The fourth-order valence-electron chi connectivity index (χ4n) is 3.21. The number of amides is 2. The molecule has 3 rings (SSSR count). The van der Waals surface area contributed by atoms with Crippen LogP contribution in [0.1, 0.15) is 19.4 Å². The summed E-state index contributed by atoms with van der Waals surface area (Å²) < 4.78 is 5.80. The zero-order valence-electron chi connectivity index (χ0n) is 15.0. The zero-order chi connectivity index (χ0) is 18.5. The number of para-hydroxylation sites is 2. The minimum atomic E-state index is -0.258. The molecule has 26 heavy (non-hydrogen) atoms. The van der Waals surface area contributed by atoms with Gasteiger partial charge in [0.15, 0.2) is 0 Å². The number of carbonyl (C=O) groups is 1. The molecule has 2 unspecified atom stereocenters. The van der Waals surface area contributed by atoms with Crippen LogP contribution < -0.4 is 15.5 Å². The predicted octanol–water partition coefficient (Wildman–Crippen LogP) is 4.28. The Hall–Kier alpha value is -2.24. The maximum atomic E-state index is 12.4. The second-order valence-electron chi connectivity index (χ2n) is 6.58. The Morgan fingerprint density at radius 3 is 2.50 bits per heavy atom. The Balaban J connectivity index is 1.66. The van der Waals surface area contributed by atoms with Crippen molar-refractivity contribution in [3.8, 4) is 0 Å². The van der Waals surface area contributed by atoms with Crippen molar-refractivity contribution in [1.82, 2.24) is 5.32 Å². The van der Waals surface area contributed by atoms with Gasteiger partial charge in [-0.25, -0.2) is 4.79 Å². The average molecular weight is 374 g/mol. The van der Waals surface area contributed by atoms with Gasteiger partial charge in [-0.2, -0.15) is 0 Å². The lowest BCUT2D eigenvalue weighted by molar-refractivity contribution is -0.00517. The van der Waals surface area contributed by atoms with E-state index < -0.39 is 0 Å². The molecule has 2 atom stereocenters. The van der Waals surface area contributed by atoms with E-state index in [0.29, 0.717) is 11.6 Å². The summed E-state index contributed by atoms with van der Waals surface area (Å²) in [6.45, 7) is 6.10. The number of nitrogens with one attached hydrogen (secondary N) is 2. The highest BCUT2D eigenvalue weighted by molar-refractivity contribution is 6.31. The van der Waals surface area contributed by atoms with Crippen molar-refractivity contribution in [2.24, 2.45) is 0 Å². The van der Waals surface area contributed by atoms with Gasteiger partial charge < -0.3 is 20.3 Å². The van der Waals surface area contributed by atoms with Gasteiger partial charge in [0.2, 0.25) is 0 Å². The molecule has 2 N–H and O–H groups in total. The second-order valence-corrected chi connectivity index (χ2v) is 6.99. The lowest BCUT2D eigenvalue weighted by Crippen LogP contribution is -2.45. The van der Waals surface area contributed by atoms with E-state index in [9.17, 15) is 4.79 Å². The van der Waals surface area contributed by atoms with Gasteiger partial charge in [0.25, 0.3) is 0 Å². The van der Waals surface area contributed by atoms with Gasteiger partial charge in [-0.05, 0) is 37.6 Å². The maximum absolute atomic E-state index is 12.4. The SMILES string of the molecule is CC1CN(c2ccccc2NC(=O)NCc2ccccc2Cl)CC(C)O1. The van der Waals surface area contributed by atoms with Crippen LogP contribution >= 0.6 is 11.6 Å². The fourth-order valence-corrected chi connectivity index (χ4v) is 3.42. The summed E-state index contributed by atoms with van der Waals surface area (Å²) in [6.07, 6.45) is 0.307. The van der Waals surface area contributed by atoms with Crippen molar-refractivity contribution in [3.63, 3.8) is 0 Å². The quantitative estimate of drug-likeness (QED) is 0.841. The van der Waals surface area contributed by atoms with Gasteiger partial charge in [-0.15, -0.1) is 0 Å². The van der Waals surface area contributed by atoms with E-state index in [-0.39, 0.29) is 18.2 Å². The third kappa shape index (κ3) is 4.68. The van der Waals surface area contributed by atoms with Crippen LogP contribution in [0.15, 0.2) is 48.5 Å². The molecule has 0 radical (unpaired) electrons. The largest absolute Gasteiger partial charge is 0.372 e. The van der Waals surface area contributed by atoms with E-state index in [1.165, 1.54) is 0 Å². The Bertz CT molecular complexity index is 758. The normalized spacial score (nSPS) is 19.9. The van der Waals surface area contributed by atoms with E-state index in [2.05, 4.69) is 29.4 Å². The fraction of sp³-hybridized carbons (Fsp3) is 0.350. The number of anilines is 2. The molecule has 2 aromatic carbocycles. The number of carbonyl (C=O) groups excluding carboxylic acids is 1. The molecular weight excluding hydrogens is 350 g/mol. The standard InChI is InChI=1S/C20H24ClN3O2/c1-14-12-24(13-15(2)26-14)19-10-6-5-9-18(19)23-20(25)22-11-16-7-3-4-8-17(16)21/h3-10,14-15H,11-13H2,1-2H3,(H2,22,23,25). The molecule has 1 aliphatic rings. The number of halogens is 1. The summed E-state index contributed by atoms with van der Waals surface area (Å²) in [5, 5.41) is 6.45. The number of rotatable bonds is 4. The van der Waals surface area contributed by atoms with E-state index in [1.54, 1.807) is 0 Å². The van der Waals surface area contributed by atoms with Crippen LogP contribution in [0.3, 0.4) is 0 Å². The predicted molar refractivity (Wildman–Crippen MR) is 106 cm³/mol. The van der Waals surface area contributed by atoms with Gasteiger partial charge in [-0.1, -0.05) is 41.9 Å². The molecule has 1 heterocycles. The topological polar surface area (TPSA) is 53.6 Å². The molecule has 2 aromatic rings. The molecular formula is C20H24ClN3O2. The van der Waals surface area contributed by atoms with Crippen LogP contribution in [0.25, 0.3) is 0 Å². The highest BCUT2D eigenvalue weighted by Gasteiger charge is 2.24. The molecule has 0 aliphatic carbocycles. The molecule has 2 amide bonds. The first-order valence-corrected chi connectivity index (χ1v) is 9.18. The summed E-state index contributed by atoms with van der Waals surface area (Å²) in [6, 6.07) is 15.0. The van der Waals surface area contributed by atoms with Crippen molar-refractivity contribution < 1.29 is 9.53 Å². The summed E-state index contributed by atoms with van der Waals surface area (Å²) in [5.74, 6) is 0. The Kier molecular flexibility index (Phi) is 6.01. The molecule has 0 spiro atoms. The highest BCUT2D eigenvalue weighted by atomic mass is 35.5. The first-order valence-electron chi connectivity index (χ1n) is 8.80. The van der Waals surface area contributed by atoms with Gasteiger partial charge in [0.05, 0.1) is 23.6 Å². The van der Waals surface area contributed by atoms with Gasteiger partial charge in [-0.3, -0.25) is 0 Å². The third-order valence-electron chi connectivity index (χ3n) is 4.31. The molecule has 0 bridgehead atoms. The van der Waals surface area contributed by atoms with E-state index in [1.807, 2.05) is 48.5 Å². The van der Waals surface area contributed by atoms with Crippen molar-refractivity contribution in [2.45, 2.75) is 32.6 Å². The number of hydrogen-bond donors (Lipinski definition) is 2. The van der Waals surface area contributed by atoms with Crippen LogP contribution in [0, 0.1) is 0 Å². The summed E-state index contributed by atoms with van der Waals surface area (Å²) in [5.41, 5.74) is 2.67. The zero-order valence-corrected chi connectivity index (χ0v) is 15.8. The smallest absolute Gasteiger partial charge is 0.319 e. The first kappa shape index (κ1) is 18.5. The van der Waals surface area contributed by atoms with Crippen LogP contribution in [-0.2, 0) is 11.3 Å². The van der Waals surface area contributed by atoms with Crippen molar-refractivity contribution >= 4 is 29.0 Å². The number of ether oxygens (including phenoxy) is 1. The summed E-state index contributed by atoms with van der Waals surface area (Å²) in [7, 11) is 0. The summed E-state index contributed by atoms with van der Waals surface area (Å²) in [4.78, 5) is 14.6. The third-order valence-corrected chi connectivity index (χ3v) is 4.68. The van der Waals surface area contributed by atoms with Crippen LogP contribution in [0.5, 0.6) is 0 Å². The number of nitrogens with zero attached hydrogens (tertiary/aromatic N) is 1. The summed E-state index contributed by atoms with van der Waals surface area (Å²) >= 11 is 6.13. The van der Waals surface area contributed by atoms with E-state index in [0.717, 1.165) is 30.0 Å². The van der Waals surface area contributed by atoms with Gasteiger partial charge >= 0.3 is 6.03 Å². The monoisotopic (exact) mass is 373 g/mol. The van der Waals surface area contributed by atoms with E-state index >= 15 is 0 Å². The molecule has 1 fully saturated rings. The van der Waals surface area contributed by atoms with Crippen molar-refractivity contribution in [3.05, 3.63) is 59.1 Å². The number of benzene rings is 2. The van der Waals surface area contributed by atoms with Crippen LogP contribution in [-0.4, -0.2) is 31.3 Å². The molecule has 138 valence electrons. The van der Waals surface area contributed by atoms with Crippen molar-refractivity contribution in [1.29, 1.82) is 0 Å². The molecule has 5 nitrogen and oxygen atoms in total. The highest BCUT2D eigenvalue weighted by Crippen LogP contribution is 2.28. The second kappa shape index (κ2) is 8.43. The molecule has 0 aromatic heterocycles. The minimum absolute atomic E-state index is 0.154.